The molecule has 2 nitrogen and oxygen atoms in total. The molecule has 1 aliphatic heterocycles. The fourth-order valence-electron chi connectivity index (χ4n) is 2.12. The summed E-state index contributed by atoms with van der Waals surface area (Å²) < 4.78 is 5.41. The Labute approximate surface area is 69.3 Å². The lowest BCUT2D eigenvalue weighted by Gasteiger charge is -2.21. The molecule has 1 saturated heterocycles. The van der Waals surface area contributed by atoms with Gasteiger partial charge in [-0.15, -0.1) is 0 Å². The fraction of sp³-hybridized carbons (Fsp3) is 1.00. The summed E-state index contributed by atoms with van der Waals surface area (Å²) in [6.07, 6.45) is 4.72. The summed E-state index contributed by atoms with van der Waals surface area (Å²) in [7, 11) is -1.35. The van der Waals surface area contributed by atoms with E-state index in [4.69, 9.17) is 4.74 Å². The first kappa shape index (κ1) is 7.77. The molecular formula is C8H16O2Si. The second kappa shape index (κ2) is 2.88. The Morgan fingerprint density at radius 3 is 2.91 bits per heavy atom. The first-order chi connectivity index (χ1) is 5.31. The van der Waals surface area contributed by atoms with Crippen LogP contribution in [0.4, 0.5) is 0 Å². The Hall–Kier alpha value is 0.137. The van der Waals surface area contributed by atoms with E-state index in [9.17, 15) is 4.80 Å². The molecule has 0 spiro atoms. The summed E-state index contributed by atoms with van der Waals surface area (Å²) in [4.78, 5) is 9.70. The number of fused-ring (bicyclic) bond motifs is 1. The molecule has 3 heteroatoms. The summed E-state index contributed by atoms with van der Waals surface area (Å²) in [5.41, 5.74) is 0.656. The van der Waals surface area contributed by atoms with Crippen LogP contribution < -0.4 is 0 Å². The van der Waals surface area contributed by atoms with Crippen molar-refractivity contribution < 1.29 is 9.53 Å². The summed E-state index contributed by atoms with van der Waals surface area (Å²) >= 11 is 0. The van der Waals surface area contributed by atoms with Crippen molar-refractivity contribution in [1.29, 1.82) is 0 Å². The fourth-order valence-corrected chi connectivity index (χ4v) is 3.94. The number of hydrogen-bond acceptors (Lipinski definition) is 2. The zero-order chi connectivity index (χ0) is 7.84. The van der Waals surface area contributed by atoms with Crippen molar-refractivity contribution in [3.63, 3.8) is 0 Å². The molecule has 1 saturated carbocycles. The van der Waals surface area contributed by atoms with Gasteiger partial charge in [-0.1, -0.05) is 6.92 Å². The van der Waals surface area contributed by atoms with Gasteiger partial charge >= 0.3 is 0 Å². The van der Waals surface area contributed by atoms with Gasteiger partial charge in [0.05, 0.1) is 12.2 Å². The molecule has 0 amide bonds. The smallest absolute Gasteiger partial charge is 0.175 e. The molecule has 11 heavy (non-hydrogen) atoms. The Morgan fingerprint density at radius 1 is 1.45 bits per heavy atom. The van der Waals surface area contributed by atoms with E-state index in [0.29, 0.717) is 17.7 Å². The van der Waals surface area contributed by atoms with Crippen LogP contribution in [0.1, 0.15) is 26.2 Å². The van der Waals surface area contributed by atoms with E-state index in [-0.39, 0.29) is 0 Å². The molecule has 2 fully saturated rings. The van der Waals surface area contributed by atoms with E-state index < -0.39 is 9.04 Å². The third-order valence-electron chi connectivity index (χ3n) is 3.01. The standard InChI is InChI=1S/C8H16O2Si/c1-2-11(9)6-3-4-7-8(5-6)10-7/h6-9,11H,2-5H2,1H3. The second-order valence-electron chi connectivity index (χ2n) is 3.76. The van der Waals surface area contributed by atoms with Crippen LogP contribution in [0.3, 0.4) is 0 Å². The Morgan fingerprint density at radius 2 is 2.27 bits per heavy atom. The van der Waals surface area contributed by atoms with Crippen molar-refractivity contribution in [2.75, 3.05) is 0 Å². The van der Waals surface area contributed by atoms with Crippen LogP contribution in [0.2, 0.25) is 11.6 Å². The Balaban J connectivity index is 1.84. The molecule has 0 aromatic heterocycles. The molecule has 2 aliphatic rings. The molecule has 2 rings (SSSR count). The summed E-state index contributed by atoms with van der Waals surface area (Å²) in [5, 5.41) is 0. The van der Waals surface area contributed by atoms with Gasteiger partial charge in [0.15, 0.2) is 9.04 Å². The van der Waals surface area contributed by atoms with Crippen molar-refractivity contribution in [2.45, 2.75) is 50.0 Å². The van der Waals surface area contributed by atoms with Crippen LogP contribution >= 0.6 is 0 Å². The third-order valence-corrected chi connectivity index (χ3v) is 5.54. The topological polar surface area (TPSA) is 32.8 Å². The van der Waals surface area contributed by atoms with Crippen LogP contribution in [0, 0.1) is 0 Å². The van der Waals surface area contributed by atoms with Crippen LogP contribution in [-0.4, -0.2) is 26.0 Å². The van der Waals surface area contributed by atoms with Gasteiger partial charge in [0.25, 0.3) is 0 Å². The first-order valence-corrected chi connectivity index (χ1v) is 6.64. The molecule has 64 valence electrons. The van der Waals surface area contributed by atoms with Gasteiger partial charge in [0, 0.05) is 0 Å². The number of epoxide rings is 1. The van der Waals surface area contributed by atoms with Gasteiger partial charge in [0.1, 0.15) is 0 Å². The minimum Gasteiger partial charge on any atom is -0.434 e. The number of ether oxygens (including phenoxy) is 1. The number of rotatable bonds is 2. The van der Waals surface area contributed by atoms with Gasteiger partial charge in [0.2, 0.25) is 0 Å². The Bertz CT molecular complexity index is 151. The Kier molecular flexibility index (Phi) is 2.04. The van der Waals surface area contributed by atoms with Gasteiger partial charge < -0.3 is 9.53 Å². The highest BCUT2D eigenvalue weighted by atomic mass is 28.3. The molecule has 0 radical (unpaired) electrons. The lowest BCUT2D eigenvalue weighted by atomic mass is 10.0. The van der Waals surface area contributed by atoms with Crippen molar-refractivity contribution in [3.8, 4) is 0 Å². The molecule has 0 aromatic carbocycles. The summed E-state index contributed by atoms with van der Waals surface area (Å²) in [6.45, 7) is 2.11. The highest BCUT2D eigenvalue weighted by Gasteiger charge is 2.45. The van der Waals surface area contributed by atoms with E-state index in [2.05, 4.69) is 6.92 Å². The monoisotopic (exact) mass is 172 g/mol. The summed E-state index contributed by atoms with van der Waals surface area (Å²) in [5.74, 6) is 0. The van der Waals surface area contributed by atoms with Crippen LogP contribution in [0.5, 0.6) is 0 Å². The van der Waals surface area contributed by atoms with Crippen LogP contribution in [-0.2, 0) is 4.74 Å². The predicted octanol–water partition coefficient (Wildman–Crippen LogP) is 1.04. The molecule has 1 heterocycles. The molecule has 4 atom stereocenters. The lowest BCUT2D eigenvalue weighted by molar-refractivity contribution is 0.372. The van der Waals surface area contributed by atoms with Gasteiger partial charge in [-0.3, -0.25) is 0 Å². The van der Waals surface area contributed by atoms with Crippen molar-refractivity contribution in [2.24, 2.45) is 0 Å². The maximum Gasteiger partial charge on any atom is 0.175 e. The zero-order valence-corrected chi connectivity index (χ0v) is 8.15. The average Bonchev–Trinajstić information content (AvgIpc) is 2.80. The van der Waals surface area contributed by atoms with Gasteiger partial charge in [-0.05, 0) is 30.8 Å². The quantitative estimate of drug-likeness (QED) is 0.499. The molecule has 1 N–H and O–H groups in total. The highest BCUT2D eigenvalue weighted by molar-refractivity contribution is 6.52. The average molecular weight is 172 g/mol. The van der Waals surface area contributed by atoms with E-state index in [1.165, 1.54) is 12.8 Å². The van der Waals surface area contributed by atoms with Gasteiger partial charge in [-0.25, -0.2) is 0 Å². The minimum atomic E-state index is -1.35. The molecular weight excluding hydrogens is 156 g/mol. The van der Waals surface area contributed by atoms with Crippen LogP contribution in [0.15, 0.2) is 0 Å². The van der Waals surface area contributed by atoms with E-state index in [1.54, 1.807) is 0 Å². The second-order valence-corrected chi connectivity index (χ2v) is 6.66. The van der Waals surface area contributed by atoms with Crippen molar-refractivity contribution in [1.82, 2.24) is 0 Å². The number of hydrogen-bond donors (Lipinski definition) is 1. The summed E-state index contributed by atoms with van der Waals surface area (Å²) in [6, 6.07) is 1.03. The third kappa shape index (κ3) is 1.50. The predicted molar refractivity (Wildman–Crippen MR) is 46.1 cm³/mol. The maximum atomic E-state index is 9.70. The molecule has 1 aliphatic carbocycles. The van der Waals surface area contributed by atoms with E-state index in [1.807, 2.05) is 0 Å². The van der Waals surface area contributed by atoms with E-state index >= 15 is 0 Å². The molecule has 4 unspecified atom stereocenters. The van der Waals surface area contributed by atoms with E-state index in [0.717, 1.165) is 12.5 Å². The van der Waals surface area contributed by atoms with Crippen molar-refractivity contribution >= 4 is 9.04 Å². The zero-order valence-electron chi connectivity index (χ0n) is 6.99. The highest BCUT2D eigenvalue weighted by Crippen LogP contribution is 2.43. The SMILES string of the molecule is CC[SiH](O)C1CCC2OC2C1. The first-order valence-electron chi connectivity index (χ1n) is 4.64. The molecule has 0 bridgehead atoms. The minimum absolute atomic E-state index is 0.544. The molecule has 0 aromatic rings. The lowest BCUT2D eigenvalue weighted by Crippen LogP contribution is -2.24. The van der Waals surface area contributed by atoms with Crippen LogP contribution in [0.25, 0.3) is 0 Å². The maximum absolute atomic E-state index is 9.70. The van der Waals surface area contributed by atoms with Gasteiger partial charge in [-0.2, -0.15) is 0 Å². The van der Waals surface area contributed by atoms with Crippen molar-refractivity contribution in [3.05, 3.63) is 0 Å². The largest absolute Gasteiger partial charge is 0.434 e. The normalized spacial score (nSPS) is 44.7.